The highest BCUT2D eigenvalue weighted by Gasteiger charge is 2.23. The van der Waals surface area contributed by atoms with E-state index in [2.05, 4.69) is 10.2 Å². The van der Waals surface area contributed by atoms with Crippen molar-refractivity contribution in [1.82, 2.24) is 19.1 Å². The van der Waals surface area contributed by atoms with Gasteiger partial charge in [0, 0.05) is 23.7 Å². The zero-order valence-corrected chi connectivity index (χ0v) is 15.6. The van der Waals surface area contributed by atoms with Gasteiger partial charge in [0.25, 0.3) is 10.0 Å². The molecule has 0 aliphatic carbocycles. The van der Waals surface area contributed by atoms with Crippen molar-refractivity contribution in [2.75, 3.05) is 20.6 Å². The first-order chi connectivity index (χ1) is 12.4. The number of nitrogens with zero attached hydrogens (tertiary/aromatic N) is 4. The molecular weight excluding hydrogens is 376 g/mol. The van der Waals surface area contributed by atoms with Crippen LogP contribution in [0.4, 0.5) is 0 Å². The van der Waals surface area contributed by atoms with Gasteiger partial charge in [0.1, 0.15) is 5.94 Å². The number of benzene rings is 1. The molecule has 0 amide bonds. The zero-order valence-electron chi connectivity index (χ0n) is 14.0. The second-order valence-corrected chi connectivity index (χ2v) is 8.02. The monoisotopic (exact) mass is 390 g/mol. The summed E-state index contributed by atoms with van der Waals surface area (Å²) in [5.74, 6) is 1.88. The van der Waals surface area contributed by atoms with Crippen molar-refractivity contribution < 1.29 is 13.2 Å². The molecule has 0 unspecified atom stereocenters. The summed E-state index contributed by atoms with van der Waals surface area (Å²) >= 11 is 6.15. The first-order valence-electron chi connectivity index (χ1n) is 7.59. The van der Waals surface area contributed by atoms with Crippen LogP contribution in [-0.4, -0.2) is 54.1 Å². The Morgan fingerprint density at radius 2 is 1.88 bits per heavy atom. The van der Waals surface area contributed by atoms with Gasteiger partial charge < -0.3 is 4.90 Å². The van der Waals surface area contributed by atoms with Crippen molar-refractivity contribution in [3.05, 3.63) is 53.3 Å². The second-order valence-electron chi connectivity index (χ2n) is 5.85. The molecule has 2 aromatic heterocycles. The quantitative estimate of drug-likeness (QED) is 0.620. The van der Waals surface area contributed by atoms with E-state index in [1.54, 1.807) is 43.3 Å². The molecule has 7 nitrogen and oxygen atoms in total. The number of hydrogen-bond acceptors (Lipinski definition) is 6. The van der Waals surface area contributed by atoms with Gasteiger partial charge in [-0.25, -0.2) is 17.2 Å². The van der Waals surface area contributed by atoms with Crippen LogP contribution in [0.2, 0.25) is 5.15 Å². The predicted molar refractivity (Wildman–Crippen MR) is 99.2 cm³/mol. The van der Waals surface area contributed by atoms with Gasteiger partial charge in [-0.3, -0.25) is 0 Å². The molecule has 9 heteroatoms. The first kappa shape index (κ1) is 18.3. The smallest absolute Gasteiger partial charge is 0.269 e. The van der Waals surface area contributed by atoms with Crippen molar-refractivity contribution in [3.8, 4) is 0 Å². The Labute approximate surface area is 155 Å². The van der Waals surface area contributed by atoms with Crippen LogP contribution in [-0.2, 0) is 14.8 Å². The Hall–Kier alpha value is -2.51. The normalized spacial score (nSPS) is 11.7. The van der Waals surface area contributed by atoms with E-state index in [-0.39, 0.29) is 27.8 Å². The number of carbonyl (C=O) groups excluding carboxylic acids is 1. The van der Waals surface area contributed by atoms with Gasteiger partial charge in [0.05, 0.1) is 10.5 Å². The van der Waals surface area contributed by atoms with Crippen LogP contribution < -0.4 is 0 Å². The molecule has 0 atom stereocenters. The highest BCUT2D eigenvalue weighted by atomic mass is 35.5. The van der Waals surface area contributed by atoms with Crippen molar-refractivity contribution in [3.63, 3.8) is 0 Å². The molecule has 2 heterocycles. The lowest BCUT2D eigenvalue weighted by Crippen LogP contribution is -2.16. The van der Waals surface area contributed by atoms with Gasteiger partial charge in [-0.1, -0.05) is 29.8 Å². The molecule has 0 bridgehead atoms. The average molecular weight is 391 g/mol. The molecule has 134 valence electrons. The summed E-state index contributed by atoms with van der Waals surface area (Å²) < 4.78 is 26.8. The highest BCUT2D eigenvalue weighted by Crippen LogP contribution is 2.30. The third-order valence-electron chi connectivity index (χ3n) is 3.73. The number of hydrogen-bond donors (Lipinski definition) is 0. The fourth-order valence-corrected chi connectivity index (χ4v) is 4.18. The SMILES string of the molecule is CN(C)CC(=C=O)c1c(Cl)nnc2c1ccn2S(=O)(=O)c1ccccc1. The van der Waals surface area contributed by atoms with E-state index in [0.717, 1.165) is 3.97 Å². The minimum absolute atomic E-state index is 0.0209. The number of halogens is 1. The Morgan fingerprint density at radius 1 is 1.19 bits per heavy atom. The number of fused-ring (bicyclic) bond motifs is 1. The summed E-state index contributed by atoms with van der Waals surface area (Å²) in [7, 11) is -0.267. The number of aromatic nitrogens is 3. The van der Waals surface area contributed by atoms with Crippen LogP contribution in [0.25, 0.3) is 16.6 Å². The van der Waals surface area contributed by atoms with Crippen LogP contribution >= 0.6 is 11.6 Å². The molecule has 0 aliphatic rings. The van der Waals surface area contributed by atoms with Crippen molar-refractivity contribution in [2.24, 2.45) is 0 Å². The number of likely N-dealkylation sites (N-methyl/N-ethyl adjacent to an activating group) is 1. The molecule has 0 saturated heterocycles. The predicted octanol–water partition coefficient (Wildman–Crippen LogP) is 2.10. The molecule has 0 saturated carbocycles. The Kier molecular flexibility index (Phi) is 4.93. The third kappa shape index (κ3) is 3.15. The van der Waals surface area contributed by atoms with Gasteiger partial charge in [0.2, 0.25) is 0 Å². The maximum absolute atomic E-state index is 12.9. The van der Waals surface area contributed by atoms with Crippen LogP contribution in [0.5, 0.6) is 0 Å². The second kappa shape index (κ2) is 7.01. The minimum atomic E-state index is -3.85. The summed E-state index contributed by atoms with van der Waals surface area (Å²) in [4.78, 5) is 13.3. The Morgan fingerprint density at radius 3 is 2.50 bits per heavy atom. The van der Waals surface area contributed by atoms with E-state index in [1.807, 2.05) is 5.94 Å². The van der Waals surface area contributed by atoms with Gasteiger partial charge >= 0.3 is 0 Å². The first-order valence-corrected chi connectivity index (χ1v) is 9.41. The van der Waals surface area contributed by atoms with Gasteiger partial charge in [-0.2, -0.15) is 0 Å². The van der Waals surface area contributed by atoms with Crippen molar-refractivity contribution in [2.45, 2.75) is 4.90 Å². The van der Waals surface area contributed by atoms with Crippen LogP contribution in [0.15, 0.2) is 47.5 Å². The van der Waals surface area contributed by atoms with Crippen LogP contribution in [0.1, 0.15) is 5.56 Å². The Bertz CT molecular complexity index is 1120. The van der Waals surface area contributed by atoms with Gasteiger partial charge in [0.15, 0.2) is 10.8 Å². The van der Waals surface area contributed by atoms with Gasteiger partial charge in [-0.15, -0.1) is 10.2 Å². The maximum atomic E-state index is 12.9. The van der Waals surface area contributed by atoms with E-state index in [0.29, 0.717) is 10.9 Å². The van der Waals surface area contributed by atoms with Gasteiger partial charge in [-0.05, 0) is 32.3 Å². The molecule has 26 heavy (non-hydrogen) atoms. The van der Waals surface area contributed by atoms with Crippen LogP contribution in [0.3, 0.4) is 0 Å². The molecule has 1 aromatic carbocycles. The minimum Gasteiger partial charge on any atom is -0.304 e. The molecular formula is C17H15ClN4O3S. The van der Waals surface area contributed by atoms with Crippen molar-refractivity contribution in [1.29, 1.82) is 0 Å². The van der Waals surface area contributed by atoms with E-state index in [9.17, 15) is 13.2 Å². The number of rotatable bonds is 5. The average Bonchev–Trinajstić information content (AvgIpc) is 3.05. The molecule has 0 aliphatic heterocycles. The lowest BCUT2D eigenvalue weighted by atomic mass is 10.1. The Balaban J connectivity index is 2.25. The third-order valence-corrected chi connectivity index (χ3v) is 5.68. The molecule has 0 radical (unpaired) electrons. The van der Waals surface area contributed by atoms with Crippen LogP contribution in [0, 0.1) is 0 Å². The molecule has 3 rings (SSSR count). The fraction of sp³-hybridized carbons (Fsp3) is 0.176. The fourth-order valence-electron chi connectivity index (χ4n) is 2.62. The summed E-state index contributed by atoms with van der Waals surface area (Å²) in [6.07, 6.45) is 1.37. The van der Waals surface area contributed by atoms with Crippen molar-refractivity contribution >= 4 is 44.2 Å². The maximum Gasteiger partial charge on any atom is 0.269 e. The van der Waals surface area contributed by atoms with E-state index < -0.39 is 10.0 Å². The zero-order chi connectivity index (χ0) is 18.9. The molecule has 3 aromatic rings. The van der Waals surface area contributed by atoms with E-state index in [1.165, 1.54) is 18.3 Å². The lowest BCUT2D eigenvalue weighted by Gasteiger charge is -2.12. The molecule has 0 spiro atoms. The highest BCUT2D eigenvalue weighted by molar-refractivity contribution is 7.90. The largest absolute Gasteiger partial charge is 0.304 e. The standard InChI is InChI=1S/C17H15ClN4O3S/c1-21(2)10-12(11-23)15-14-8-9-22(17(14)20-19-16(15)18)26(24,25)13-6-4-3-5-7-13/h3-9H,10H2,1-2H3. The molecule has 0 fully saturated rings. The van der Waals surface area contributed by atoms with E-state index >= 15 is 0 Å². The lowest BCUT2D eigenvalue weighted by molar-refractivity contribution is 0.462. The van der Waals surface area contributed by atoms with E-state index in [4.69, 9.17) is 11.6 Å². The topological polar surface area (TPSA) is 85.2 Å². The summed E-state index contributed by atoms with van der Waals surface area (Å²) in [6, 6.07) is 9.54. The molecule has 0 N–H and O–H groups in total. The summed E-state index contributed by atoms with van der Waals surface area (Å²) in [6.45, 7) is 0.278. The summed E-state index contributed by atoms with van der Waals surface area (Å²) in [5, 5.41) is 8.21. The summed E-state index contributed by atoms with van der Waals surface area (Å²) in [5.41, 5.74) is 0.705.